The highest BCUT2D eigenvalue weighted by Gasteiger charge is 2.50. The maximum Gasteiger partial charge on any atom is 0.241 e. The van der Waals surface area contributed by atoms with Crippen molar-refractivity contribution >= 4 is 5.91 Å². The molecular formula is C14H26N2O. The van der Waals surface area contributed by atoms with Crippen LogP contribution in [-0.4, -0.2) is 28.6 Å². The van der Waals surface area contributed by atoms with Crippen LogP contribution in [0.25, 0.3) is 0 Å². The molecule has 2 fully saturated rings. The Morgan fingerprint density at radius 2 is 2.00 bits per heavy atom. The summed E-state index contributed by atoms with van der Waals surface area (Å²) >= 11 is 0. The Hall–Kier alpha value is -0.570. The van der Waals surface area contributed by atoms with Gasteiger partial charge in [0.05, 0.1) is 12.2 Å². The Kier molecular flexibility index (Phi) is 3.23. The molecule has 98 valence electrons. The first-order valence-corrected chi connectivity index (χ1v) is 6.93. The molecule has 1 amide bonds. The summed E-state index contributed by atoms with van der Waals surface area (Å²) in [4.78, 5) is 14.5. The molecule has 0 aromatic rings. The minimum absolute atomic E-state index is 0.0169. The molecule has 3 nitrogen and oxygen atoms in total. The molecule has 17 heavy (non-hydrogen) atoms. The molecule has 0 aromatic heterocycles. The van der Waals surface area contributed by atoms with E-state index in [0.29, 0.717) is 11.8 Å². The van der Waals surface area contributed by atoms with Crippen LogP contribution in [0.1, 0.15) is 53.9 Å². The standard InChI is InChI=1S/C14H26N2O/c1-9(2)8-12-15-10(3)13(17)16(12)14(4,5)11-6-7-11/h9-12,15H,6-8H2,1-5H3. The van der Waals surface area contributed by atoms with Crippen molar-refractivity contribution in [3.05, 3.63) is 0 Å². The molecule has 2 atom stereocenters. The Bertz CT molecular complexity index is 307. The van der Waals surface area contributed by atoms with Crippen LogP contribution in [0.2, 0.25) is 0 Å². The molecule has 2 rings (SSSR count). The van der Waals surface area contributed by atoms with Gasteiger partial charge in [0.15, 0.2) is 0 Å². The van der Waals surface area contributed by atoms with Gasteiger partial charge in [0.1, 0.15) is 0 Å². The summed E-state index contributed by atoms with van der Waals surface area (Å²) in [6, 6.07) is -0.0169. The predicted molar refractivity (Wildman–Crippen MR) is 69.5 cm³/mol. The van der Waals surface area contributed by atoms with E-state index in [-0.39, 0.29) is 23.7 Å². The van der Waals surface area contributed by atoms with Gasteiger partial charge in [0.25, 0.3) is 0 Å². The lowest BCUT2D eigenvalue weighted by molar-refractivity contribution is -0.136. The Morgan fingerprint density at radius 1 is 1.41 bits per heavy atom. The number of rotatable bonds is 4. The van der Waals surface area contributed by atoms with Gasteiger partial charge in [-0.1, -0.05) is 13.8 Å². The van der Waals surface area contributed by atoms with E-state index in [1.807, 2.05) is 6.92 Å². The number of hydrogen-bond donors (Lipinski definition) is 1. The molecule has 1 heterocycles. The number of nitrogens with zero attached hydrogens (tertiary/aromatic N) is 1. The Morgan fingerprint density at radius 3 is 2.47 bits per heavy atom. The number of hydrogen-bond acceptors (Lipinski definition) is 2. The molecule has 1 saturated carbocycles. The van der Waals surface area contributed by atoms with E-state index in [4.69, 9.17) is 0 Å². The Balaban J connectivity index is 2.17. The number of amides is 1. The maximum atomic E-state index is 12.3. The summed E-state index contributed by atoms with van der Waals surface area (Å²) in [5, 5.41) is 3.45. The second-order valence-corrected chi connectivity index (χ2v) is 6.67. The number of carbonyl (C=O) groups excluding carboxylic acids is 1. The molecule has 2 aliphatic rings. The Labute approximate surface area is 105 Å². The molecular weight excluding hydrogens is 212 g/mol. The summed E-state index contributed by atoms with van der Waals surface area (Å²) in [7, 11) is 0. The van der Waals surface area contributed by atoms with E-state index in [9.17, 15) is 4.79 Å². The first-order valence-electron chi connectivity index (χ1n) is 6.93. The van der Waals surface area contributed by atoms with Gasteiger partial charge in [-0.05, 0) is 51.9 Å². The van der Waals surface area contributed by atoms with Crippen molar-refractivity contribution in [2.75, 3.05) is 0 Å². The van der Waals surface area contributed by atoms with Crippen LogP contribution >= 0.6 is 0 Å². The molecule has 1 N–H and O–H groups in total. The van der Waals surface area contributed by atoms with E-state index < -0.39 is 0 Å². The van der Waals surface area contributed by atoms with Gasteiger partial charge >= 0.3 is 0 Å². The van der Waals surface area contributed by atoms with E-state index in [2.05, 4.69) is 37.9 Å². The average molecular weight is 238 g/mol. The van der Waals surface area contributed by atoms with Crippen LogP contribution in [0, 0.1) is 11.8 Å². The second kappa shape index (κ2) is 4.27. The molecule has 1 saturated heterocycles. The molecule has 3 heteroatoms. The molecule has 0 spiro atoms. The minimum atomic E-state index is -0.0169. The van der Waals surface area contributed by atoms with E-state index in [1.54, 1.807) is 0 Å². The lowest BCUT2D eigenvalue weighted by Crippen LogP contribution is -2.52. The molecule has 0 radical (unpaired) electrons. The van der Waals surface area contributed by atoms with Gasteiger partial charge in [-0.3, -0.25) is 10.1 Å². The first kappa shape index (κ1) is 12.9. The lowest BCUT2D eigenvalue weighted by Gasteiger charge is -2.40. The monoisotopic (exact) mass is 238 g/mol. The average Bonchev–Trinajstić information content (AvgIpc) is 2.95. The van der Waals surface area contributed by atoms with Crippen LogP contribution in [0.15, 0.2) is 0 Å². The van der Waals surface area contributed by atoms with Crippen LogP contribution in [0.4, 0.5) is 0 Å². The fourth-order valence-electron chi connectivity index (χ4n) is 3.09. The number of nitrogens with one attached hydrogen (secondary N) is 1. The smallest absolute Gasteiger partial charge is 0.241 e. The van der Waals surface area contributed by atoms with Crippen LogP contribution in [0.5, 0.6) is 0 Å². The summed E-state index contributed by atoms with van der Waals surface area (Å²) in [5.74, 6) is 1.60. The lowest BCUT2D eigenvalue weighted by atomic mass is 9.94. The molecule has 2 unspecified atom stereocenters. The van der Waals surface area contributed by atoms with Crippen molar-refractivity contribution in [2.24, 2.45) is 11.8 Å². The fraction of sp³-hybridized carbons (Fsp3) is 0.929. The summed E-state index contributed by atoms with van der Waals surface area (Å²) in [5.41, 5.74) is 0.0222. The van der Waals surface area contributed by atoms with Gasteiger partial charge in [0.2, 0.25) is 5.91 Å². The third-order valence-electron chi connectivity index (χ3n) is 4.25. The maximum absolute atomic E-state index is 12.3. The van der Waals surface area contributed by atoms with Crippen molar-refractivity contribution in [1.29, 1.82) is 0 Å². The normalized spacial score (nSPS) is 30.5. The zero-order valence-corrected chi connectivity index (χ0v) is 11.8. The fourth-order valence-corrected chi connectivity index (χ4v) is 3.09. The summed E-state index contributed by atoms with van der Waals surface area (Å²) in [6.45, 7) is 10.9. The van der Waals surface area contributed by atoms with Crippen molar-refractivity contribution < 1.29 is 4.79 Å². The van der Waals surface area contributed by atoms with Gasteiger partial charge in [-0.15, -0.1) is 0 Å². The number of carbonyl (C=O) groups is 1. The van der Waals surface area contributed by atoms with Gasteiger partial charge in [-0.2, -0.15) is 0 Å². The highest BCUT2D eigenvalue weighted by molar-refractivity contribution is 5.84. The van der Waals surface area contributed by atoms with Crippen molar-refractivity contribution in [1.82, 2.24) is 10.2 Å². The minimum Gasteiger partial charge on any atom is -0.320 e. The van der Waals surface area contributed by atoms with Gasteiger partial charge < -0.3 is 4.90 Å². The van der Waals surface area contributed by atoms with E-state index in [0.717, 1.165) is 6.42 Å². The summed E-state index contributed by atoms with van der Waals surface area (Å²) in [6.07, 6.45) is 3.83. The van der Waals surface area contributed by atoms with Crippen LogP contribution in [-0.2, 0) is 4.79 Å². The largest absolute Gasteiger partial charge is 0.320 e. The van der Waals surface area contributed by atoms with Gasteiger partial charge in [-0.25, -0.2) is 0 Å². The van der Waals surface area contributed by atoms with E-state index in [1.165, 1.54) is 12.8 Å². The van der Waals surface area contributed by atoms with E-state index >= 15 is 0 Å². The van der Waals surface area contributed by atoms with Crippen molar-refractivity contribution in [3.8, 4) is 0 Å². The molecule has 1 aliphatic carbocycles. The third kappa shape index (κ3) is 2.35. The van der Waals surface area contributed by atoms with Crippen molar-refractivity contribution in [2.45, 2.75) is 71.6 Å². The second-order valence-electron chi connectivity index (χ2n) is 6.67. The molecule has 1 aliphatic heterocycles. The predicted octanol–water partition coefficient (Wildman–Crippen LogP) is 2.37. The zero-order valence-electron chi connectivity index (χ0n) is 11.8. The SMILES string of the molecule is CC(C)CC1NC(C)C(=O)N1C(C)(C)C1CC1. The molecule has 0 aromatic carbocycles. The topological polar surface area (TPSA) is 32.3 Å². The highest BCUT2D eigenvalue weighted by Crippen LogP contribution is 2.44. The van der Waals surface area contributed by atoms with Crippen molar-refractivity contribution in [3.63, 3.8) is 0 Å². The quantitative estimate of drug-likeness (QED) is 0.815. The highest BCUT2D eigenvalue weighted by atomic mass is 16.2. The van der Waals surface area contributed by atoms with Crippen LogP contribution < -0.4 is 5.32 Å². The van der Waals surface area contributed by atoms with Gasteiger partial charge in [0, 0.05) is 5.54 Å². The third-order valence-corrected chi connectivity index (χ3v) is 4.25. The first-order chi connectivity index (χ1) is 7.84. The van der Waals surface area contributed by atoms with Crippen LogP contribution in [0.3, 0.4) is 0 Å². The zero-order chi connectivity index (χ0) is 12.8. The molecule has 0 bridgehead atoms. The summed E-state index contributed by atoms with van der Waals surface area (Å²) < 4.78 is 0.